The quantitative estimate of drug-likeness (QED) is 0.840. The fourth-order valence-corrected chi connectivity index (χ4v) is 2.77. The second-order valence-corrected chi connectivity index (χ2v) is 7.03. The van der Waals surface area contributed by atoms with E-state index in [2.05, 4.69) is 16.3 Å². The van der Waals surface area contributed by atoms with Gasteiger partial charge in [-0.2, -0.15) is 0 Å². The zero-order chi connectivity index (χ0) is 15.5. The molecule has 21 heavy (non-hydrogen) atoms. The number of carbonyl (C=O) groups is 1. The molecular formula is C17H27N3O. The van der Waals surface area contributed by atoms with Crippen molar-refractivity contribution in [1.82, 2.24) is 10.2 Å². The molecular weight excluding hydrogens is 262 g/mol. The molecule has 1 aromatic carbocycles. The molecule has 0 saturated carbocycles. The number of rotatable bonds is 3. The maximum absolute atomic E-state index is 12.2. The van der Waals surface area contributed by atoms with Gasteiger partial charge in [-0.05, 0) is 64.4 Å². The predicted molar refractivity (Wildman–Crippen MR) is 86.8 cm³/mol. The highest BCUT2D eigenvalue weighted by Gasteiger charge is 2.27. The zero-order valence-electron chi connectivity index (χ0n) is 13.4. The van der Waals surface area contributed by atoms with Crippen LogP contribution in [0.1, 0.15) is 39.2 Å². The maximum Gasteiger partial charge on any atom is 0.223 e. The molecule has 4 nitrogen and oxygen atoms in total. The molecule has 0 atom stereocenters. The average molecular weight is 289 g/mol. The molecule has 0 aliphatic carbocycles. The molecule has 1 aliphatic rings. The van der Waals surface area contributed by atoms with Gasteiger partial charge in [0.05, 0.1) is 0 Å². The van der Waals surface area contributed by atoms with Crippen LogP contribution in [0.4, 0.5) is 5.69 Å². The lowest BCUT2D eigenvalue weighted by molar-refractivity contribution is -0.127. The molecule has 116 valence electrons. The molecule has 0 radical (unpaired) electrons. The molecule has 2 rings (SSSR count). The van der Waals surface area contributed by atoms with E-state index in [-0.39, 0.29) is 17.4 Å². The highest BCUT2D eigenvalue weighted by atomic mass is 16.2. The van der Waals surface area contributed by atoms with E-state index < -0.39 is 0 Å². The van der Waals surface area contributed by atoms with Crippen LogP contribution in [0.2, 0.25) is 0 Å². The lowest BCUT2D eigenvalue weighted by atomic mass is 9.94. The first-order valence-corrected chi connectivity index (χ1v) is 7.72. The van der Waals surface area contributed by atoms with E-state index >= 15 is 0 Å². The molecule has 3 N–H and O–H groups in total. The van der Waals surface area contributed by atoms with Gasteiger partial charge < -0.3 is 11.1 Å². The van der Waals surface area contributed by atoms with Gasteiger partial charge >= 0.3 is 0 Å². The standard InChI is InChI=1S/C17H27N3O/c1-17(2,3)19-16(21)14-7-9-20(10-8-14)12-13-5-4-6-15(18)11-13/h4-6,11,14H,7-10,12,18H2,1-3H3,(H,19,21). The number of nitrogens with zero attached hydrogens (tertiary/aromatic N) is 1. The van der Waals surface area contributed by atoms with Crippen molar-refractivity contribution in [1.29, 1.82) is 0 Å². The Morgan fingerprint density at radius 2 is 2.00 bits per heavy atom. The van der Waals surface area contributed by atoms with E-state index in [1.807, 2.05) is 39.0 Å². The molecule has 0 spiro atoms. The largest absolute Gasteiger partial charge is 0.399 e. The maximum atomic E-state index is 12.2. The van der Waals surface area contributed by atoms with Gasteiger partial charge in [0.2, 0.25) is 5.91 Å². The number of hydrogen-bond donors (Lipinski definition) is 2. The van der Waals surface area contributed by atoms with Gasteiger partial charge in [0.25, 0.3) is 0 Å². The molecule has 1 aliphatic heterocycles. The third-order valence-corrected chi connectivity index (χ3v) is 3.81. The minimum absolute atomic E-state index is 0.143. The minimum Gasteiger partial charge on any atom is -0.399 e. The van der Waals surface area contributed by atoms with Gasteiger partial charge in [-0.1, -0.05) is 12.1 Å². The van der Waals surface area contributed by atoms with Crippen molar-refractivity contribution in [2.75, 3.05) is 18.8 Å². The van der Waals surface area contributed by atoms with Crippen molar-refractivity contribution >= 4 is 11.6 Å². The molecule has 1 saturated heterocycles. The number of nitrogens with two attached hydrogens (primary N) is 1. The number of anilines is 1. The van der Waals surface area contributed by atoms with Crippen LogP contribution in [0.25, 0.3) is 0 Å². The Balaban J connectivity index is 1.82. The fourth-order valence-electron chi connectivity index (χ4n) is 2.77. The van der Waals surface area contributed by atoms with Gasteiger partial charge in [0.1, 0.15) is 0 Å². The lowest BCUT2D eigenvalue weighted by Gasteiger charge is -2.33. The summed E-state index contributed by atoms with van der Waals surface area (Å²) in [6, 6.07) is 8.04. The van der Waals surface area contributed by atoms with Crippen molar-refractivity contribution in [3.63, 3.8) is 0 Å². The number of piperidine rings is 1. The molecule has 0 bridgehead atoms. The lowest BCUT2D eigenvalue weighted by Crippen LogP contribution is -2.46. The number of nitrogen functional groups attached to an aromatic ring is 1. The molecule has 0 aromatic heterocycles. The van der Waals surface area contributed by atoms with Crippen LogP contribution in [-0.4, -0.2) is 29.4 Å². The Morgan fingerprint density at radius 1 is 1.33 bits per heavy atom. The first-order valence-electron chi connectivity index (χ1n) is 7.72. The molecule has 0 unspecified atom stereocenters. The first kappa shape index (κ1) is 15.8. The Bertz CT molecular complexity index is 485. The van der Waals surface area contributed by atoms with E-state index in [9.17, 15) is 4.79 Å². The Kier molecular flexibility index (Phi) is 4.88. The topological polar surface area (TPSA) is 58.4 Å². The fraction of sp³-hybridized carbons (Fsp3) is 0.588. The monoisotopic (exact) mass is 289 g/mol. The summed E-state index contributed by atoms with van der Waals surface area (Å²) in [7, 11) is 0. The van der Waals surface area contributed by atoms with E-state index in [0.29, 0.717) is 0 Å². The van der Waals surface area contributed by atoms with Crippen molar-refractivity contribution in [2.45, 2.75) is 45.7 Å². The smallest absolute Gasteiger partial charge is 0.223 e. The molecule has 1 fully saturated rings. The van der Waals surface area contributed by atoms with Crippen LogP contribution in [0, 0.1) is 5.92 Å². The molecule has 4 heteroatoms. The van der Waals surface area contributed by atoms with Crippen molar-refractivity contribution < 1.29 is 4.79 Å². The first-order chi connectivity index (χ1) is 9.83. The summed E-state index contributed by atoms with van der Waals surface area (Å²) in [5, 5.41) is 3.09. The summed E-state index contributed by atoms with van der Waals surface area (Å²) in [4.78, 5) is 14.6. The highest BCUT2D eigenvalue weighted by molar-refractivity contribution is 5.79. The number of benzene rings is 1. The summed E-state index contributed by atoms with van der Waals surface area (Å²) in [6.45, 7) is 8.94. The van der Waals surface area contributed by atoms with E-state index in [4.69, 9.17) is 5.73 Å². The van der Waals surface area contributed by atoms with Crippen molar-refractivity contribution in [3.8, 4) is 0 Å². The number of hydrogen-bond acceptors (Lipinski definition) is 3. The van der Waals surface area contributed by atoms with Crippen LogP contribution < -0.4 is 11.1 Å². The SMILES string of the molecule is CC(C)(C)NC(=O)C1CCN(Cc2cccc(N)c2)CC1. The van der Waals surface area contributed by atoms with Crippen LogP contribution in [-0.2, 0) is 11.3 Å². The van der Waals surface area contributed by atoms with E-state index in [1.165, 1.54) is 5.56 Å². The predicted octanol–water partition coefficient (Wildman–Crippen LogP) is 2.40. The van der Waals surface area contributed by atoms with E-state index in [0.717, 1.165) is 38.2 Å². The minimum atomic E-state index is -0.143. The Labute approximate surface area is 127 Å². The number of nitrogens with one attached hydrogen (secondary N) is 1. The molecule has 1 amide bonds. The Hall–Kier alpha value is -1.55. The summed E-state index contributed by atoms with van der Waals surface area (Å²) < 4.78 is 0. The summed E-state index contributed by atoms with van der Waals surface area (Å²) >= 11 is 0. The number of amides is 1. The third kappa shape index (κ3) is 5.05. The normalized spacial score (nSPS) is 17.7. The van der Waals surface area contributed by atoms with E-state index in [1.54, 1.807) is 0 Å². The van der Waals surface area contributed by atoms with Crippen molar-refractivity contribution in [2.24, 2.45) is 5.92 Å². The molecule has 1 heterocycles. The van der Waals surface area contributed by atoms with Crippen LogP contribution in [0.3, 0.4) is 0 Å². The number of carbonyl (C=O) groups excluding carboxylic acids is 1. The van der Waals surface area contributed by atoms with Gasteiger partial charge in [-0.3, -0.25) is 9.69 Å². The highest BCUT2D eigenvalue weighted by Crippen LogP contribution is 2.20. The summed E-state index contributed by atoms with van der Waals surface area (Å²) in [6.07, 6.45) is 1.87. The second-order valence-electron chi connectivity index (χ2n) is 7.03. The average Bonchev–Trinajstić information content (AvgIpc) is 2.37. The van der Waals surface area contributed by atoms with Crippen molar-refractivity contribution in [3.05, 3.63) is 29.8 Å². The van der Waals surface area contributed by atoms with Crippen LogP contribution in [0.15, 0.2) is 24.3 Å². The van der Waals surface area contributed by atoms with Gasteiger partial charge in [-0.15, -0.1) is 0 Å². The van der Waals surface area contributed by atoms with Gasteiger partial charge in [-0.25, -0.2) is 0 Å². The second kappa shape index (κ2) is 6.48. The third-order valence-electron chi connectivity index (χ3n) is 3.81. The number of likely N-dealkylation sites (tertiary alicyclic amines) is 1. The summed E-state index contributed by atoms with van der Waals surface area (Å²) in [5.74, 6) is 0.354. The zero-order valence-corrected chi connectivity index (χ0v) is 13.4. The van der Waals surface area contributed by atoms with Crippen LogP contribution in [0.5, 0.6) is 0 Å². The molecule has 1 aromatic rings. The Morgan fingerprint density at radius 3 is 2.57 bits per heavy atom. The summed E-state index contributed by atoms with van der Waals surface area (Å²) in [5.41, 5.74) is 7.72. The van der Waals surface area contributed by atoms with Gasteiger partial charge in [0, 0.05) is 23.7 Å². The van der Waals surface area contributed by atoms with Gasteiger partial charge in [0.15, 0.2) is 0 Å². The van der Waals surface area contributed by atoms with Crippen LogP contribution >= 0.6 is 0 Å².